The lowest BCUT2D eigenvalue weighted by Gasteiger charge is -2.07. The number of hydrogen-bond donors (Lipinski definition) is 2. The van der Waals surface area contributed by atoms with Gasteiger partial charge in [0.15, 0.2) is 5.65 Å². The highest BCUT2D eigenvalue weighted by Gasteiger charge is 2.10. The molecule has 3 N–H and O–H groups in total. The molecule has 3 rings (SSSR count). The fraction of sp³-hybridized carbons (Fsp3) is 0.0833. The fourth-order valence-electron chi connectivity index (χ4n) is 1.69. The van der Waals surface area contributed by atoms with Crippen molar-refractivity contribution in [3.05, 3.63) is 35.8 Å². The molecule has 2 aromatic heterocycles. The van der Waals surface area contributed by atoms with Crippen LogP contribution in [0.1, 0.15) is 5.56 Å². The van der Waals surface area contributed by atoms with Gasteiger partial charge in [-0.2, -0.15) is 15.1 Å². The molecule has 1 aromatic carbocycles. The summed E-state index contributed by atoms with van der Waals surface area (Å²) in [5.74, 6) is 0.537. The third kappa shape index (κ3) is 2.05. The van der Waals surface area contributed by atoms with Crippen molar-refractivity contribution >= 4 is 17.0 Å². The third-order valence-corrected chi connectivity index (χ3v) is 2.64. The molecule has 0 saturated carbocycles. The number of nitrogens with one attached hydrogen (secondary N) is 1. The van der Waals surface area contributed by atoms with Crippen LogP contribution in [0.15, 0.2) is 24.4 Å². The second-order valence-electron chi connectivity index (χ2n) is 4.03. The van der Waals surface area contributed by atoms with E-state index in [9.17, 15) is 4.39 Å². The number of H-pyrrole nitrogens is 1. The van der Waals surface area contributed by atoms with Gasteiger partial charge in [-0.3, -0.25) is 5.10 Å². The van der Waals surface area contributed by atoms with E-state index < -0.39 is 0 Å². The van der Waals surface area contributed by atoms with Gasteiger partial charge >= 0.3 is 0 Å². The number of rotatable bonds is 2. The fourth-order valence-corrected chi connectivity index (χ4v) is 1.69. The lowest BCUT2D eigenvalue weighted by molar-refractivity contribution is 0.466. The highest BCUT2D eigenvalue weighted by Crippen LogP contribution is 2.27. The molecule has 7 heteroatoms. The van der Waals surface area contributed by atoms with Crippen LogP contribution in [0.2, 0.25) is 0 Å². The van der Waals surface area contributed by atoms with Crippen molar-refractivity contribution < 1.29 is 9.13 Å². The molecule has 19 heavy (non-hydrogen) atoms. The molecule has 0 unspecified atom stereocenters. The maximum Gasteiger partial charge on any atom is 0.235 e. The van der Waals surface area contributed by atoms with E-state index in [4.69, 9.17) is 10.5 Å². The van der Waals surface area contributed by atoms with Crippen LogP contribution in [0.3, 0.4) is 0 Å². The number of ether oxygens (including phenoxy) is 1. The number of nitrogens with zero attached hydrogens (tertiary/aromatic N) is 3. The summed E-state index contributed by atoms with van der Waals surface area (Å²) < 4.78 is 18.8. The van der Waals surface area contributed by atoms with Crippen LogP contribution in [0.25, 0.3) is 11.0 Å². The summed E-state index contributed by atoms with van der Waals surface area (Å²) in [6.45, 7) is 1.66. The standard InChI is InChI=1S/C12H10FN5O/c1-6-4-7(2-3-9(6)13)19-11-8-5-15-18-10(8)16-12(14)17-11/h2-5H,1H3,(H3,14,15,16,17,18). The summed E-state index contributed by atoms with van der Waals surface area (Å²) in [6.07, 6.45) is 1.54. The number of anilines is 1. The maximum absolute atomic E-state index is 13.2. The molecule has 0 saturated heterocycles. The number of fused-ring (bicyclic) bond motifs is 1. The van der Waals surface area contributed by atoms with Gasteiger partial charge in [-0.05, 0) is 30.7 Å². The second kappa shape index (κ2) is 4.20. The summed E-state index contributed by atoms with van der Waals surface area (Å²) in [6, 6.07) is 4.44. The minimum absolute atomic E-state index is 0.0746. The Kier molecular flexibility index (Phi) is 2.52. The number of aryl methyl sites for hydroxylation is 1. The minimum atomic E-state index is -0.289. The molecule has 3 aromatic rings. The van der Waals surface area contributed by atoms with Gasteiger partial charge in [0.1, 0.15) is 17.0 Å². The zero-order valence-electron chi connectivity index (χ0n) is 10.0. The number of aromatic nitrogens is 4. The van der Waals surface area contributed by atoms with E-state index in [1.165, 1.54) is 12.1 Å². The topological polar surface area (TPSA) is 89.7 Å². The predicted octanol–water partition coefficient (Wildman–Crippen LogP) is 2.17. The van der Waals surface area contributed by atoms with Crippen molar-refractivity contribution in [3.8, 4) is 11.6 Å². The summed E-state index contributed by atoms with van der Waals surface area (Å²) in [4.78, 5) is 7.99. The van der Waals surface area contributed by atoms with Crippen molar-refractivity contribution in [2.45, 2.75) is 6.92 Å². The van der Waals surface area contributed by atoms with Gasteiger partial charge in [0.25, 0.3) is 0 Å². The van der Waals surface area contributed by atoms with E-state index in [1.54, 1.807) is 19.2 Å². The predicted molar refractivity (Wildman–Crippen MR) is 67.3 cm³/mol. The van der Waals surface area contributed by atoms with Crippen molar-refractivity contribution in [2.75, 3.05) is 5.73 Å². The molecule has 0 spiro atoms. The van der Waals surface area contributed by atoms with Crippen LogP contribution in [0, 0.1) is 12.7 Å². The van der Waals surface area contributed by atoms with Crippen molar-refractivity contribution in [3.63, 3.8) is 0 Å². The molecule has 0 aliphatic rings. The number of nitrogen functional groups attached to an aromatic ring is 1. The van der Waals surface area contributed by atoms with Gasteiger partial charge < -0.3 is 10.5 Å². The van der Waals surface area contributed by atoms with E-state index >= 15 is 0 Å². The van der Waals surface area contributed by atoms with Crippen molar-refractivity contribution in [1.82, 2.24) is 20.2 Å². The number of benzene rings is 1. The van der Waals surface area contributed by atoms with E-state index in [0.29, 0.717) is 22.3 Å². The van der Waals surface area contributed by atoms with Crippen molar-refractivity contribution in [2.24, 2.45) is 0 Å². The van der Waals surface area contributed by atoms with Crippen LogP contribution in [-0.4, -0.2) is 20.2 Å². The summed E-state index contributed by atoms with van der Waals surface area (Å²) in [5.41, 5.74) is 6.56. The molecule has 0 fully saturated rings. The Hall–Kier alpha value is -2.70. The van der Waals surface area contributed by atoms with Crippen LogP contribution < -0.4 is 10.5 Å². The first kappa shape index (κ1) is 11.4. The molecule has 96 valence electrons. The molecule has 0 aliphatic carbocycles. The van der Waals surface area contributed by atoms with E-state index in [1.807, 2.05) is 0 Å². The highest BCUT2D eigenvalue weighted by molar-refractivity contribution is 5.80. The van der Waals surface area contributed by atoms with Gasteiger partial charge in [-0.15, -0.1) is 0 Å². The van der Waals surface area contributed by atoms with Crippen LogP contribution in [0.4, 0.5) is 10.3 Å². The molecule has 0 radical (unpaired) electrons. The Labute approximate surface area is 107 Å². The van der Waals surface area contributed by atoms with E-state index in [2.05, 4.69) is 20.2 Å². The van der Waals surface area contributed by atoms with Gasteiger partial charge in [0, 0.05) is 0 Å². The number of aromatic amines is 1. The molecule has 0 atom stereocenters. The minimum Gasteiger partial charge on any atom is -0.438 e. The van der Waals surface area contributed by atoms with Crippen LogP contribution in [0.5, 0.6) is 11.6 Å². The second-order valence-corrected chi connectivity index (χ2v) is 4.03. The van der Waals surface area contributed by atoms with Gasteiger partial charge in [-0.1, -0.05) is 0 Å². The Balaban J connectivity index is 2.04. The molecule has 0 amide bonds. The number of hydrogen-bond acceptors (Lipinski definition) is 5. The maximum atomic E-state index is 13.2. The smallest absolute Gasteiger partial charge is 0.235 e. The highest BCUT2D eigenvalue weighted by atomic mass is 19.1. The zero-order chi connectivity index (χ0) is 13.4. The lowest BCUT2D eigenvalue weighted by Crippen LogP contribution is -1.98. The Morgan fingerprint density at radius 1 is 1.32 bits per heavy atom. The first-order valence-electron chi connectivity index (χ1n) is 5.54. The third-order valence-electron chi connectivity index (χ3n) is 2.64. The molecule has 0 aliphatic heterocycles. The van der Waals surface area contributed by atoms with Crippen LogP contribution in [-0.2, 0) is 0 Å². The normalized spacial score (nSPS) is 10.8. The van der Waals surface area contributed by atoms with E-state index in [0.717, 1.165) is 0 Å². The first-order valence-corrected chi connectivity index (χ1v) is 5.54. The van der Waals surface area contributed by atoms with Gasteiger partial charge in [0.05, 0.1) is 6.20 Å². The molecular weight excluding hydrogens is 249 g/mol. The van der Waals surface area contributed by atoms with E-state index in [-0.39, 0.29) is 17.6 Å². The summed E-state index contributed by atoms with van der Waals surface area (Å²) in [5, 5.41) is 7.15. The molecule has 6 nitrogen and oxygen atoms in total. The zero-order valence-corrected chi connectivity index (χ0v) is 10.0. The summed E-state index contributed by atoms with van der Waals surface area (Å²) >= 11 is 0. The number of nitrogens with two attached hydrogens (primary N) is 1. The van der Waals surface area contributed by atoms with Crippen LogP contribution >= 0.6 is 0 Å². The summed E-state index contributed by atoms with van der Waals surface area (Å²) in [7, 11) is 0. The largest absolute Gasteiger partial charge is 0.438 e. The Morgan fingerprint density at radius 2 is 2.16 bits per heavy atom. The molecule has 2 heterocycles. The quantitative estimate of drug-likeness (QED) is 0.736. The van der Waals surface area contributed by atoms with Crippen molar-refractivity contribution in [1.29, 1.82) is 0 Å². The number of halogens is 1. The Bertz CT molecular complexity index is 755. The first-order chi connectivity index (χ1) is 9.13. The monoisotopic (exact) mass is 259 g/mol. The SMILES string of the molecule is Cc1cc(Oc2nc(N)nc3[nH]ncc23)ccc1F. The average Bonchev–Trinajstić information content (AvgIpc) is 2.82. The molecular formula is C12H10FN5O. The Morgan fingerprint density at radius 3 is 2.95 bits per heavy atom. The average molecular weight is 259 g/mol. The lowest BCUT2D eigenvalue weighted by atomic mass is 10.2. The van der Waals surface area contributed by atoms with Gasteiger partial charge in [0.2, 0.25) is 11.8 Å². The molecule has 0 bridgehead atoms. The van der Waals surface area contributed by atoms with Gasteiger partial charge in [-0.25, -0.2) is 4.39 Å².